The molecule has 3 nitrogen and oxygen atoms in total. The smallest absolute Gasteiger partial charge is 0.275 e. The number of amides is 1. The van der Waals surface area contributed by atoms with E-state index in [1.807, 2.05) is 60.7 Å². The molecule has 1 heterocycles. The normalized spacial score (nSPS) is 10.5. The van der Waals surface area contributed by atoms with Crippen molar-refractivity contribution in [2.24, 2.45) is 0 Å². The van der Waals surface area contributed by atoms with Crippen molar-refractivity contribution in [1.29, 1.82) is 0 Å². The molecule has 0 radical (unpaired) electrons. The maximum atomic E-state index is 12.8. The van der Waals surface area contributed by atoms with E-state index in [0.717, 1.165) is 16.6 Å². The van der Waals surface area contributed by atoms with E-state index >= 15 is 0 Å². The number of carbonyl (C=O) groups excluding carboxylic acids is 1. The molecule has 3 aromatic rings. The summed E-state index contributed by atoms with van der Waals surface area (Å²) in [6, 6.07) is 19.4. The summed E-state index contributed by atoms with van der Waals surface area (Å²) in [4.78, 5) is 17.6. The first kappa shape index (κ1) is 13.2. The molecule has 2 aromatic carbocycles. The van der Waals surface area contributed by atoms with Crippen LogP contribution in [0.4, 0.5) is 5.69 Å². The summed E-state index contributed by atoms with van der Waals surface area (Å²) in [5.41, 5.74) is 2.41. The van der Waals surface area contributed by atoms with E-state index in [9.17, 15) is 4.79 Å². The Hall–Kier alpha value is -2.81. The number of aromatic nitrogens is 1. The monoisotopic (exact) mass is 276 g/mol. The third-order valence-electron chi connectivity index (χ3n) is 3.39. The second-order valence-electron chi connectivity index (χ2n) is 4.81. The highest BCUT2D eigenvalue weighted by Crippen LogP contribution is 2.20. The number of aromatic amines is 1. The fourth-order valence-electron chi connectivity index (χ4n) is 2.38. The molecule has 3 rings (SSSR count). The van der Waals surface area contributed by atoms with Crippen molar-refractivity contribution in [2.75, 3.05) is 11.4 Å². The molecule has 3 heteroatoms. The molecule has 0 aliphatic heterocycles. The number of fused-ring (bicyclic) bond motifs is 1. The van der Waals surface area contributed by atoms with Crippen molar-refractivity contribution in [3.8, 4) is 0 Å². The molecule has 0 spiro atoms. The topological polar surface area (TPSA) is 36.1 Å². The van der Waals surface area contributed by atoms with E-state index < -0.39 is 0 Å². The van der Waals surface area contributed by atoms with Crippen LogP contribution in [0, 0.1) is 0 Å². The average molecular weight is 276 g/mol. The Morgan fingerprint density at radius 1 is 1.10 bits per heavy atom. The van der Waals surface area contributed by atoms with Gasteiger partial charge in [-0.2, -0.15) is 0 Å². The Labute approximate surface area is 123 Å². The minimum atomic E-state index is -0.0581. The van der Waals surface area contributed by atoms with Gasteiger partial charge >= 0.3 is 0 Å². The summed E-state index contributed by atoms with van der Waals surface area (Å²) >= 11 is 0. The SMILES string of the molecule is C=CCN(C(=O)c1cc2ccccc2[nH]1)c1ccccc1. The molecule has 0 atom stereocenters. The number of hydrogen-bond acceptors (Lipinski definition) is 1. The molecule has 0 aliphatic carbocycles. The van der Waals surface area contributed by atoms with Crippen LogP contribution in [0.15, 0.2) is 73.3 Å². The maximum absolute atomic E-state index is 12.8. The number of anilines is 1. The Balaban J connectivity index is 1.99. The van der Waals surface area contributed by atoms with Gasteiger partial charge in [0.1, 0.15) is 5.69 Å². The number of para-hydroxylation sites is 2. The second-order valence-corrected chi connectivity index (χ2v) is 4.81. The maximum Gasteiger partial charge on any atom is 0.275 e. The standard InChI is InChI=1S/C18H16N2O/c1-2-12-20(15-9-4-3-5-10-15)18(21)17-13-14-8-6-7-11-16(14)19-17/h2-11,13,19H,1,12H2. The minimum absolute atomic E-state index is 0.0581. The van der Waals surface area contributed by atoms with Gasteiger partial charge in [0, 0.05) is 23.1 Å². The van der Waals surface area contributed by atoms with Gasteiger partial charge in [-0.15, -0.1) is 6.58 Å². The highest BCUT2D eigenvalue weighted by Gasteiger charge is 2.18. The third kappa shape index (κ3) is 2.58. The first-order valence-electron chi connectivity index (χ1n) is 6.85. The van der Waals surface area contributed by atoms with Crippen molar-refractivity contribution < 1.29 is 4.79 Å². The Bertz CT molecular complexity index is 741. The number of H-pyrrole nitrogens is 1. The zero-order valence-corrected chi connectivity index (χ0v) is 11.6. The van der Waals surface area contributed by atoms with E-state index in [2.05, 4.69) is 11.6 Å². The molecular weight excluding hydrogens is 260 g/mol. The molecule has 104 valence electrons. The molecule has 0 aliphatic rings. The summed E-state index contributed by atoms with van der Waals surface area (Å²) in [7, 11) is 0. The number of nitrogens with zero attached hydrogens (tertiary/aromatic N) is 1. The summed E-state index contributed by atoms with van der Waals surface area (Å²) in [5, 5.41) is 1.03. The van der Waals surface area contributed by atoms with Crippen LogP contribution in [0.25, 0.3) is 10.9 Å². The molecule has 1 N–H and O–H groups in total. The van der Waals surface area contributed by atoms with Crippen LogP contribution in [0.2, 0.25) is 0 Å². The predicted octanol–water partition coefficient (Wildman–Crippen LogP) is 4.00. The van der Waals surface area contributed by atoms with Crippen LogP contribution in [-0.4, -0.2) is 17.4 Å². The van der Waals surface area contributed by atoms with Gasteiger partial charge in [-0.1, -0.05) is 42.5 Å². The van der Waals surface area contributed by atoms with E-state index in [1.165, 1.54) is 0 Å². The van der Waals surface area contributed by atoms with Gasteiger partial charge in [-0.3, -0.25) is 4.79 Å². The van der Waals surface area contributed by atoms with Gasteiger partial charge < -0.3 is 9.88 Å². The predicted molar refractivity (Wildman–Crippen MR) is 86.6 cm³/mol. The first-order chi connectivity index (χ1) is 10.3. The van der Waals surface area contributed by atoms with E-state index in [1.54, 1.807) is 11.0 Å². The number of nitrogens with one attached hydrogen (secondary N) is 1. The number of rotatable bonds is 4. The lowest BCUT2D eigenvalue weighted by molar-refractivity contribution is 0.0986. The van der Waals surface area contributed by atoms with Crippen molar-refractivity contribution in [3.63, 3.8) is 0 Å². The van der Waals surface area contributed by atoms with Crippen LogP contribution >= 0.6 is 0 Å². The first-order valence-corrected chi connectivity index (χ1v) is 6.85. The molecule has 0 fully saturated rings. The minimum Gasteiger partial charge on any atom is -0.351 e. The highest BCUT2D eigenvalue weighted by molar-refractivity contribution is 6.07. The van der Waals surface area contributed by atoms with Crippen molar-refractivity contribution in [1.82, 2.24) is 4.98 Å². The molecule has 1 aromatic heterocycles. The van der Waals surface area contributed by atoms with Crippen LogP contribution in [0.3, 0.4) is 0 Å². The summed E-state index contributed by atoms with van der Waals surface area (Å²) in [6.07, 6.45) is 1.73. The van der Waals surface area contributed by atoms with Crippen LogP contribution in [0.5, 0.6) is 0 Å². The Morgan fingerprint density at radius 3 is 2.52 bits per heavy atom. The van der Waals surface area contributed by atoms with E-state index in [-0.39, 0.29) is 5.91 Å². The fraction of sp³-hybridized carbons (Fsp3) is 0.0556. The van der Waals surface area contributed by atoms with Crippen LogP contribution in [-0.2, 0) is 0 Å². The van der Waals surface area contributed by atoms with Gasteiger partial charge in [-0.25, -0.2) is 0 Å². The van der Waals surface area contributed by atoms with Gasteiger partial charge in [0.15, 0.2) is 0 Å². The zero-order chi connectivity index (χ0) is 14.7. The molecule has 21 heavy (non-hydrogen) atoms. The van der Waals surface area contributed by atoms with E-state index in [4.69, 9.17) is 0 Å². The lowest BCUT2D eigenvalue weighted by Crippen LogP contribution is -2.31. The summed E-state index contributed by atoms with van der Waals surface area (Å²) < 4.78 is 0. The molecule has 0 bridgehead atoms. The van der Waals surface area contributed by atoms with Crippen molar-refractivity contribution in [3.05, 3.63) is 79.0 Å². The molecule has 0 unspecified atom stereocenters. The van der Waals surface area contributed by atoms with Gasteiger partial charge in [0.05, 0.1) is 0 Å². The van der Waals surface area contributed by atoms with E-state index in [0.29, 0.717) is 12.2 Å². The Kier molecular flexibility index (Phi) is 3.56. The molecule has 0 saturated carbocycles. The number of carbonyl (C=O) groups is 1. The average Bonchev–Trinajstić information content (AvgIpc) is 2.97. The molecular formula is C18H16N2O. The highest BCUT2D eigenvalue weighted by atomic mass is 16.2. The summed E-state index contributed by atoms with van der Waals surface area (Å²) in [6.45, 7) is 4.21. The molecule has 0 saturated heterocycles. The Morgan fingerprint density at radius 2 is 1.81 bits per heavy atom. The van der Waals surface area contributed by atoms with Gasteiger partial charge in [0.2, 0.25) is 0 Å². The number of hydrogen-bond donors (Lipinski definition) is 1. The van der Waals surface area contributed by atoms with Crippen LogP contribution in [0.1, 0.15) is 10.5 Å². The fourth-order valence-corrected chi connectivity index (χ4v) is 2.38. The zero-order valence-electron chi connectivity index (χ0n) is 11.6. The van der Waals surface area contributed by atoms with Gasteiger partial charge in [-0.05, 0) is 24.3 Å². The van der Waals surface area contributed by atoms with Gasteiger partial charge in [0.25, 0.3) is 5.91 Å². The second kappa shape index (κ2) is 5.67. The quantitative estimate of drug-likeness (QED) is 0.718. The third-order valence-corrected chi connectivity index (χ3v) is 3.39. The largest absolute Gasteiger partial charge is 0.351 e. The number of benzene rings is 2. The van der Waals surface area contributed by atoms with Crippen LogP contribution < -0.4 is 4.90 Å². The molecule has 1 amide bonds. The lowest BCUT2D eigenvalue weighted by atomic mass is 10.2. The lowest BCUT2D eigenvalue weighted by Gasteiger charge is -2.20. The van der Waals surface area contributed by atoms with Crippen molar-refractivity contribution in [2.45, 2.75) is 0 Å². The van der Waals surface area contributed by atoms with Crippen molar-refractivity contribution >= 4 is 22.5 Å². The summed E-state index contributed by atoms with van der Waals surface area (Å²) in [5.74, 6) is -0.0581.